The summed E-state index contributed by atoms with van der Waals surface area (Å²) in [7, 11) is 0. The van der Waals surface area contributed by atoms with Crippen LogP contribution in [0.2, 0.25) is 0 Å². The van der Waals surface area contributed by atoms with E-state index in [1.807, 2.05) is 0 Å². The second kappa shape index (κ2) is 17.3. The van der Waals surface area contributed by atoms with E-state index in [0.29, 0.717) is 6.42 Å². The minimum absolute atomic E-state index is 0.0350. The summed E-state index contributed by atoms with van der Waals surface area (Å²) in [5, 5.41) is 0. The quantitative estimate of drug-likeness (QED) is 0.0777. The van der Waals surface area contributed by atoms with Crippen LogP contribution in [0.15, 0.2) is 24.3 Å². The summed E-state index contributed by atoms with van der Waals surface area (Å²) in [5.41, 5.74) is -0.313. The van der Waals surface area contributed by atoms with Crippen LogP contribution in [0.1, 0.15) is 131 Å². The molecular formula is C29H52O6Ti. The zero-order valence-corrected chi connectivity index (χ0v) is 25.5. The Morgan fingerprint density at radius 3 is 1.36 bits per heavy atom. The van der Waals surface area contributed by atoms with Gasteiger partial charge in [-0.3, -0.25) is 0 Å². The predicted octanol–water partition coefficient (Wildman–Crippen LogP) is 8.14. The topological polar surface area (TPSA) is 86.7 Å². The minimum atomic E-state index is -6.82. The van der Waals surface area contributed by atoms with E-state index in [4.69, 9.17) is 6.64 Å². The number of unbranched alkanes of at least 4 members (excludes halogenated alkanes) is 11. The number of carbonyl (C=O) groups excluding carboxylic acids is 3. The van der Waals surface area contributed by atoms with E-state index in [9.17, 15) is 17.7 Å². The average Bonchev–Trinajstić information content (AvgIpc) is 2.77. The summed E-state index contributed by atoms with van der Waals surface area (Å²) < 4.78 is 22.5. The third-order valence-electron chi connectivity index (χ3n) is 6.22. The van der Waals surface area contributed by atoms with E-state index < -0.39 is 36.3 Å². The molecule has 0 rings (SSSR count). The van der Waals surface area contributed by atoms with Gasteiger partial charge in [-0.05, 0) is 5.92 Å². The van der Waals surface area contributed by atoms with Gasteiger partial charge in [0.1, 0.15) is 0 Å². The molecule has 0 aromatic rings. The molecule has 0 bridgehead atoms. The summed E-state index contributed by atoms with van der Waals surface area (Å²) in [6.45, 7) is 17.3. The monoisotopic (exact) mass is 544 g/mol. The standard InChI is InChI=1S/C18H36O2.2C4H5O.C3H7O.O.Ti/c1-17(2)15-13-11-9-7-5-3-4-6-8-10-12-14-16-18(19)20;2*1-4(2)3-5;1-3(2)4;;/h17H,3-16H2,1-2H3,(H,19,20);2*1H2,2H3;3H,1-2H3;;/q;;;-1;;+2/p-1. The van der Waals surface area contributed by atoms with Crippen LogP contribution in [0.3, 0.4) is 0 Å². The van der Waals surface area contributed by atoms with Crippen LogP contribution in [0.25, 0.3) is 0 Å². The summed E-state index contributed by atoms with van der Waals surface area (Å²) in [6, 6.07) is 0. The Balaban J connectivity index is 4.48. The van der Waals surface area contributed by atoms with Gasteiger partial charge >= 0.3 is 177 Å². The van der Waals surface area contributed by atoms with Gasteiger partial charge in [0.05, 0.1) is 0 Å². The fraction of sp³-hybridized carbons (Fsp3) is 0.759. The van der Waals surface area contributed by atoms with Crippen molar-refractivity contribution < 1.29 is 40.4 Å². The van der Waals surface area contributed by atoms with Crippen LogP contribution in [-0.4, -0.2) is 20.2 Å². The Morgan fingerprint density at radius 2 is 1.03 bits per heavy atom. The van der Waals surface area contributed by atoms with E-state index in [1.165, 1.54) is 85.5 Å². The molecule has 0 N–H and O–H groups in total. The van der Waals surface area contributed by atoms with Crippen LogP contribution in [0.4, 0.5) is 0 Å². The Kier molecular flexibility index (Phi) is 16.7. The van der Waals surface area contributed by atoms with Gasteiger partial charge in [0.2, 0.25) is 0 Å². The van der Waals surface area contributed by atoms with E-state index in [2.05, 4.69) is 27.0 Å². The number of hydrogen-bond acceptors (Lipinski definition) is 6. The predicted molar refractivity (Wildman–Crippen MR) is 142 cm³/mol. The van der Waals surface area contributed by atoms with Gasteiger partial charge in [-0.1, -0.05) is 39.5 Å². The second-order valence-electron chi connectivity index (χ2n) is 11.0. The van der Waals surface area contributed by atoms with Gasteiger partial charge in [0, 0.05) is 0 Å². The SMILES string of the molecule is C=C(C)[C](=O)[Ti](=[O])([O]C(=O)CCCCCCCCCCCCCCC(C)C)([O]C(C)C)[C](=O)C(=C)C. The van der Waals surface area contributed by atoms with Crippen molar-refractivity contribution in [3.63, 3.8) is 0 Å². The van der Waals surface area contributed by atoms with Crippen LogP contribution in [0.5, 0.6) is 0 Å². The molecule has 7 heteroatoms. The molecule has 208 valence electrons. The Hall–Kier alpha value is -1.24. The van der Waals surface area contributed by atoms with Gasteiger partial charge in [0.25, 0.3) is 0 Å². The number of allylic oxidation sites excluding steroid dienone is 2. The van der Waals surface area contributed by atoms with E-state index in [0.717, 1.165) is 25.2 Å². The molecule has 0 radical (unpaired) electrons. The fourth-order valence-corrected chi connectivity index (χ4v) is 9.80. The third kappa shape index (κ3) is 12.3. The maximum absolute atomic E-state index is 14.0. The van der Waals surface area contributed by atoms with Gasteiger partial charge in [-0.2, -0.15) is 0 Å². The normalized spacial score (nSPS) is 12.1. The van der Waals surface area contributed by atoms with Gasteiger partial charge in [-0.25, -0.2) is 0 Å². The second-order valence-corrected chi connectivity index (χ2v) is 16.2. The van der Waals surface area contributed by atoms with Crippen LogP contribution in [-0.2, 0) is 40.4 Å². The number of hydrogen-bond donors (Lipinski definition) is 0. The van der Waals surface area contributed by atoms with Gasteiger partial charge in [-0.15, -0.1) is 0 Å². The maximum atomic E-state index is 14.0. The average molecular weight is 545 g/mol. The zero-order chi connectivity index (χ0) is 27.8. The van der Waals surface area contributed by atoms with Gasteiger partial charge in [0.15, 0.2) is 0 Å². The molecular weight excluding hydrogens is 492 g/mol. The van der Waals surface area contributed by atoms with Crippen molar-refractivity contribution >= 4 is 14.1 Å². The molecule has 0 spiro atoms. The Morgan fingerprint density at radius 1 is 0.667 bits per heavy atom. The van der Waals surface area contributed by atoms with Crippen molar-refractivity contribution in [2.24, 2.45) is 5.92 Å². The molecule has 0 saturated heterocycles. The summed E-state index contributed by atoms with van der Waals surface area (Å²) in [4.78, 5) is 38.5. The number of carbonyl (C=O) groups is 3. The molecule has 0 aliphatic carbocycles. The summed E-state index contributed by atoms with van der Waals surface area (Å²) in [6.07, 6.45) is 14.3. The molecule has 0 amide bonds. The molecule has 0 aromatic carbocycles. The molecule has 6 nitrogen and oxygen atoms in total. The molecule has 0 aromatic heterocycles. The van der Waals surface area contributed by atoms with Crippen molar-refractivity contribution in [3.8, 4) is 0 Å². The molecule has 0 saturated carbocycles. The fourth-order valence-electron chi connectivity index (χ4n) is 4.34. The first kappa shape index (κ1) is 34.8. The molecule has 36 heavy (non-hydrogen) atoms. The van der Waals surface area contributed by atoms with Crippen LogP contribution in [0, 0.1) is 5.92 Å². The summed E-state index contributed by atoms with van der Waals surface area (Å²) in [5.74, 6) is -0.0503. The van der Waals surface area contributed by atoms with Crippen molar-refractivity contribution in [1.82, 2.24) is 0 Å². The van der Waals surface area contributed by atoms with E-state index in [1.54, 1.807) is 0 Å². The molecule has 0 aliphatic rings. The zero-order valence-electron chi connectivity index (χ0n) is 23.9. The van der Waals surface area contributed by atoms with Crippen LogP contribution < -0.4 is 0 Å². The molecule has 0 unspecified atom stereocenters. The molecule has 0 aliphatic heterocycles. The van der Waals surface area contributed by atoms with Crippen LogP contribution >= 0.6 is 0 Å². The number of rotatable bonds is 22. The van der Waals surface area contributed by atoms with Crippen molar-refractivity contribution in [1.29, 1.82) is 0 Å². The van der Waals surface area contributed by atoms with Crippen molar-refractivity contribution in [3.05, 3.63) is 24.3 Å². The summed E-state index contributed by atoms with van der Waals surface area (Å²) >= 11 is -6.82. The molecule has 0 heterocycles. The molecule has 0 atom stereocenters. The first-order valence-corrected chi connectivity index (χ1v) is 17.4. The van der Waals surface area contributed by atoms with E-state index >= 15 is 0 Å². The Bertz CT molecular complexity index is 779. The first-order chi connectivity index (χ1) is 16.7. The Labute approximate surface area is 221 Å². The van der Waals surface area contributed by atoms with Gasteiger partial charge < -0.3 is 0 Å². The van der Waals surface area contributed by atoms with Crippen molar-refractivity contribution in [2.45, 2.75) is 138 Å². The van der Waals surface area contributed by atoms with Crippen molar-refractivity contribution in [2.75, 3.05) is 0 Å². The molecule has 0 fully saturated rings. The first-order valence-electron chi connectivity index (χ1n) is 13.9. The third-order valence-corrected chi connectivity index (χ3v) is 12.3. The van der Waals surface area contributed by atoms with E-state index in [-0.39, 0.29) is 17.6 Å².